The molecular weight excluding hydrogens is 281 g/mol. The molecule has 0 atom stereocenters. The average Bonchev–Trinajstić information content (AvgIpc) is 2.80. The van der Waals surface area contributed by atoms with Crippen molar-refractivity contribution in [1.82, 2.24) is 4.57 Å². The Labute approximate surface area is 107 Å². The van der Waals surface area contributed by atoms with Crippen LogP contribution in [0.4, 0.5) is 18.9 Å². The average molecular weight is 290 g/mol. The van der Waals surface area contributed by atoms with Crippen LogP contribution in [0.3, 0.4) is 0 Å². The van der Waals surface area contributed by atoms with E-state index in [1.165, 1.54) is 22.9 Å². The molecule has 0 aliphatic heterocycles. The maximum Gasteiger partial charge on any atom is 0.516 e. The van der Waals surface area contributed by atoms with Crippen LogP contribution < -0.4 is 4.72 Å². The van der Waals surface area contributed by atoms with Gasteiger partial charge in [0, 0.05) is 18.1 Å². The number of hydrogen-bond acceptors (Lipinski definition) is 2. The highest BCUT2D eigenvalue weighted by atomic mass is 32.2. The van der Waals surface area contributed by atoms with Gasteiger partial charge in [-0.25, -0.2) is 0 Å². The second kappa shape index (κ2) is 4.61. The van der Waals surface area contributed by atoms with Crippen LogP contribution in [0.5, 0.6) is 0 Å². The summed E-state index contributed by atoms with van der Waals surface area (Å²) in [7, 11) is -5.40. The van der Waals surface area contributed by atoms with Gasteiger partial charge in [0.2, 0.25) is 0 Å². The minimum atomic E-state index is -5.40. The highest BCUT2D eigenvalue weighted by molar-refractivity contribution is 7.93. The summed E-state index contributed by atoms with van der Waals surface area (Å²) < 4.78 is 61.8. The molecule has 2 aromatic rings. The minimum Gasteiger partial charge on any atom is -0.324 e. The first-order chi connectivity index (χ1) is 8.79. The number of alkyl halides is 3. The number of benzene rings is 1. The van der Waals surface area contributed by atoms with Crippen molar-refractivity contribution < 1.29 is 21.6 Å². The van der Waals surface area contributed by atoms with E-state index in [0.717, 1.165) is 0 Å². The molecule has 0 spiro atoms. The molecule has 0 saturated heterocycles. The standard InChI is InChI=1S/C11H9F3N2O2S/c12-11(13,14)19(17,18)15-9-4-3-5-10(8-9)16-6-1-2-7-16/h1-8,15H. The molecule has 19 heavy (non-hydrogen) atoms. The van der Waals surface area contributed by atoms with Crippen molar-refractivity contribution in [1.29, 1.82) is 0 Å². The second-order valence-corrected chi connectivity index (χ2v) is 5.37. The van der Waals surface area contributed by atoms with E-state index in [0.29, 0.717) is 5.69 Å². The molecule has 0 saturated carbocycles. The second-order valence-electron chi connectivity index (χ2n) is 3.69. The predicted molar refractivity (Wildman–Crippen MR) is 64.4 cm³/mol. The molecule has 0 unspecified atom stereocenters. The quantitative estimate of drug-likeness (QED) is 0.945. The number of sulfonamides is 1. The first-order valence-corrected chi connectivity index (χ1v) is 6.60. The highest BCUT2D eigenvalue weighted by Crippen LogP contribution is 2.26. The van der Waals surface area contributed by atoms with Crippen LogP contribution in [0.25, 0.3) is 5.69 Å². The third-order valence-electron chi connectivity index (χ3n) is 2.31. The topological polar surface area (TPSA) is 51.1 Å². The molecule has 1 aromatic carbocycles. The van der Waals surface area contributed by atoms with Crippen molar-refractivity contribution in [2.75, 3.05) is 4.72 Å². The van der Waals surface area contributed by atoms with E-state index in [4.69, 9.17) is 0 Å². The fraction of sp³-hybridized carbons (Fsp3) is 0.0909. The van der Waals surface area contributed by atoms with Crippen LogP contribution >= 0.6 is 0 Å². The van der Waals surface area contributed by atoms with Gasteiger partial charge in [-0.1, -0.05) is 6.07 Å². The van der Waals surface area contributed by atoms with Crippen LogP contribution in [0.1, 0.15) is 0 Å². The summed E-state index contributed by atoms with van der Waals surface area (Å²) in [5, 5.41) is 0. The van der Waals surface area contributed by atoms with Gasteiger partial charge in [0.1, 0.15) is 0 Å². The molecule has 0 radical (unpaired) electrons. The van der Waals surface area contributed by atoms with Crippen molar-refractivity contribution >= 4 is 15.7 Å². The molecule has 2 rings (SSSR count). The van der Waals surface area contributed by atoms with Crippen molar-refractivity contribution in [3.63, 3.8) is 0 Å². The molecule has 1 heterocycles. The van der Waals surface area contributed by atoms with Crippen LogP contribution in [0.2, 0.25) is 0 Å². The fourth-order valence-electron chi connectivity index (χ4n) is 1.45. The van der Waals surface area contributed by atoms with Gasteiger partial charge in [0.25, 0.3) is 0 Å². The Morgan fingerprint density at radius 3 is 2.26 bits per heavy atom. The lowest BCUT2D eigenvalue weighted by Crippen LogP contribution is -2.29. The van der Waals surface area contributed by atoms with E-state index in [1.54, 1.807) is 35.2 Å². The monoisotopic (exact) mass is 290 g/mol. The number of rotatable bonds is 3. The molecule has 0 bridgehead atoms. The molecule has 0 aliphatic rings. The first-order valence-electron chi connectivity index (χ1n) is 5.12. The summed E-state index contributed by atoms with van der Waals surface area (Å²) in [5.74, 6) is 0. The van der Waals surface area contributed by atoms with Crippen molar-refractivity contribution in [2.45, 2.75) is 5.51 Å². The van der Waals surface area contributed by atoms with E-state index >= 15 is 0 Å². The van der Waals surface area contributed by atoms with Crippen LogP contribution in [-0.4, -0.2) is 18.5 Å². The summed E-state index contributed by atoms with van der Waals surface area (Å²) in [5.41, 5.74) is -4.94. The van der Waals surface area contributed by atoms with Crippen LogP contribution in [-0.2, 0) is 10.0 Å². The lowest BCUT2D eigenvalue weighted by atomic mass is 10.3. The summed E-state index contributed by atoms with van der Waals surface area (Å²) in [6.07, 6.45) is 3.38. The van der Waals surface area contributed by atoms with Gasteiger partial charge in [-0.2, -0.15) is 21.6 Å². The molecule has 8 heteroatoms. The van der Waals surface area contributed by atoms with Gasteiger partial charge in [-0.3, -0.25) is 4.72 Å². The van der Waals surface area contributed by atoms with Gasteiger partial charge >= 0.3 is 15.5 Å². The van der Waals surface area contributed by atoms with Crippen molar-refractivity contribution in [3.05, 3.63) is 48.8 Å². The smallest absolute Gasteiger partial charge is 0.324 e. The highest BCUT2D eigenvalue weighted by Gasteiger charge is 2.46. The Kier molecular flexibility index (Phi) is 3.27. The van der Waals surface area contributed by atoms with Crippen LogP contribution in [0, 0.1) is 0 Å². The Morgan fingerprint density at radius 2 is 1.68 bits per heavy atom. The fourth-order valence-corrected chi connectivity index (χ4v) is 2.00. The third kappa shape index (κ3) is 2.90. The zero-order chi connectivity index (χ0) is 14.1. The van der Waals surface area contributed by atoms with E-state index in [-0.39, 0.29) is 5.69 Å². The number of halogens is 3. The van der Waals surface area contributed by atoms with Crippen molar-refractivity contribution in [3.8, 4) is 5.69 Å². The maximum absolute atomic E-state index is 12.2. The third-order valence-corrected chi connectivity index (χ3v) is 3.42. The van der Waals surface area contributed by atoms with Crippen LogP contribution in [0.15, 0.2) is 48.8 Å². The lowest BCUT2D eigenvalue weighted by Gasteiger charge is -2.11. The molecule has 102 valence electrons. The number of nitrogens with one attached hydrogen (secondary N) is 1. The van der Waals surface area contributed by atoms with Gasteiger partial charge < -0.3 is 4.57 Å². The van der Waals surface area contributed by atoms with E-state index in [1.807, 2.05) is 0 Å². The van der Waals surface area contributed by atoms with E-state index < -0.39 is 15.5 Å². The Morgan fingerprint density at radius 1 is 1.05 bits per heavy atom. The maximum atomic E-state index is 12.2. The summed E-state index contributed by atoms with van der Waals surface area (Å²) in [6.45, 7) is 0. The van der Waals surface area contributed by atoms with Gasteiger partial charge in [0.05, 0.1) is 5.69 Å². The Hall–Kier alpha value is -1.96. The van der Waals surface area contributed by atoms with Crippen molar-refractivity contribution in [2.24, 2.45) is 0 Å². The molecule has 1 aromatic heterocycles. The summed E-state index contributed by atoms with van der Waals surface area (Å²) in [4.78, 5) is 0. The van der Waals surface area contributed by atoms with Gasteiger partial charge in [-0.05, 0) is 30.3 Å². The molecule has 0 fully saturated rings. The SMILES string of the molecule is O=S(=O)(Nc1cccc(-n2cccc2)c1)C(F)(F)F. The molecular formula is C11H9F3N2O2S. The Bertz CT molecular complexity index is 663. The number of aromatic nitrogens is 1. The Balaban J connectivity index is 2.31. The molecule has 0 amide bonds. The zero-order valence-corrected chi connectivity index (χ0v) is 10.2. The number of nitrogens with zero attached hydrogens (tertiary/aromatic N) is 1. The first kappa shape index (κ1) is 13.5. The van der Waals surface area contributed by atoms with Gasteiger partial charge in [0.15, 0.2) is 0 Å². The summed E-state index contributed by atoms with van der Waals surface area (Å²) >= 11 is 0. The van der Waals surface area contributed by atoms with E-state index in [9.17, 15) is 21.6 Å². The number of hydrogen-bond donors (Lipinski definition) is 1. The predicted octanol–water partition coefficient (Wildman–Crippen LogP) is 2.74. The molecule has 1 N–H and O–H groups in total. The molecule has 0 aliphatic carbocycles. The van der Waals surface area contributed by atoms with Gasteiger partial charge in [-0.15, -0.1) is 0 Å². The lowest BCUT2D eigenvalue weighted by molar-refractivity contribution is -0.0429. The number of anilines is 1. The minimum absolute atomic E-state index is 0.150. The largest absolute Gasteiger partial charge is 0.516 e. The zero-order valence-electron chi connectivity index (χ0n) is 9.42. The van der Waals surface area contributed by atoms with E-state index in [2.05, 4.69) is 0 Å². The normalized spacial score (nSPS) is 12.4. The summed E-state index contributed by atoms with van der Waals surface area (Å²) in [6, 6.07) is 9.15. The molecule has 4 nitrogen and oxygen atoms in total.